The Hall–Kier alpha value is -2.10. The van der Waals surface area contributed by atoms with E-state index >= 15 is 0 Å². The van der Waals surface area contributed by atoms with Crippen molar-refractivity contribution in [1.29, 1.82) is 0 Å². The maximum Gasteiger partial charge on any atom is 0.308 e. The fraction of sp³-hybridized carbons (Fsp3) is 0.375. The maximum atomic E-state index is 12.1. The van der Waals surface area contributed by atoms with E-state index in [4.69, 9.17) is 5.11 Å². The number of hydrogen-bond acceptors (Lipinski definition) is 2. The van der Waals surface area contributed by atoms with Crippen molar-refractivity contribution in [3.8, 4) is 0 Å². The van der Waals surface area contributed by atoms with Crippen LogP contribution in [0.3, 0.4) is 0 Å². The molecule has 0 fully saturated rings. The largest absolute Gasteiger partial charge is 0.481 e. The Kier molecular flexibility index (Phi) is 5.50. The zero-order valence-electron chi connectivity index (χ0n) is 12.1. The Labute approximate surface area is 119 Å². The molecule has 1 aromatic rings. The lowest BCUT2D eigenvalue weighted by Gasteiger charge is -2.21. The molecule has 0 aliphatic carbocycles. The highest BCUT2D eigenvalue weighted by atomic mass is 16.4. The molecule has 0 aliphatic heterocycles. The predicted molar refractivity (Wildman–Crippen MR) is 78.4 cm³/mol. The van der Waals surface area contributed by atoms with Crippen LogP contribution in [-0.2, 0) is 16.0 Å². The summed E-state index contributed by atoms with van der Waals surface area (Å²) >= 11 is 0. The molecule has 0 unspecified atom stereocenters. The lowest BCUT2D eigenvalue weighted by Crippen LogP contribution is -2.41. The van der Waals surface area contributed by atoms with Crippen molar-refractivity contribution in [2.24, 2.45) is 0 Å². The van der Waals surface area contributed by atoms with Crippen molar-refractivity contribution in [3.05, 3.63) is 47.5 Å². The Balaban J connectivity index is 2.83. The fourth-order valence-corrected chi connectivity index (χ4v) is 1.68. The molecule has 0 atom stereocenters. The van der Waals surface area contributed by atoms with Crippen molar-refractivity contribution in [2.75, 3.05) is 0 Å². The van der Waals surface area contributed by atoms with Gasteiger partial charge in [-0.05, 0) is 32.8 Å². The quantitative estimate of drug-likeness (QED) is 0.812. The maximum absolute atomic E-state index is 12.1. The lowest BCUT2D eigenvalue weighted by molar-refractivity contribution is -0.137. The summed E-state index contributed by atoms with van der Waals surface area (Å²) in [6.07, 6.45) is 1.96. The van der Waals surface area contributed by atoms with E-state index in [1.54, 1.807) is 6.08 Å². The monoisotopic (exact) mass is 275 g/mol. The van der Waals surface area contributed by atoms with E-state index in [9.17, 15) is 9.59 Å². The molecule has 1 aromatic carbocycles. The molecular weight excluding hydrogens is 254 g/mol. The van der Waals surface area contributed by atoms with Gasteiger partial charge in [0.25, 0.3) is 0 Å². The van der Waals surface area contributed by atoms with Crippen LogP contribution in [0, 0.1) is 0 Å². The Morgan fingerprint density at radius 2 is 1.80 bits per heavy atom. The number of nitrogens with one attached hydrogen (secondary N) is 1. The zero-order chi connectivity index (χ0) is 15.2. The van der Waals surface area contributed by atoms with Crippen molar-refractivity contribution in [2.45, 2.75) is 39.2 Å². The summed E-state index contributed by atoms with van der Waals surface area (Å²) < 4.78 is 0. The summed E-state index contributed by atoms with van der Waals surface area (Å²) in [5.41, 5.74) is 0.941. The molecule has 2 N–H and O–H groups in total. The molecule has 0 bridgehead atoms. The van der Waals surface area contributed by atoms with Gasteiger partial charge in [0.15, 0.2) is 0 Å². The van der Waals surface area contributed by atoms with Crippen molar-refractivity contribution >= 4 is 11.9 Å². The molecule has 0 spiro atoms. The molecule has 0 saturated heterocycles. The molecule has 1 rings (SSSR count). The van der Waals surface area contributed by atoms with Crippen molar-refractivity contribution in [3.63, 3.8) is 0 Å². The van der Waals surface area contributed by atoms with Gasteiger partial charge in [0.2, 0.25) is 5.91 Å². The first-order chi connectivity index (χ1) is 9.28. The van der Waals surface area contributed by atoms with Gasteiger partial charge in [-0.25, -0.2) is 0 Å². The van der Waals surface area contributed by atoms with Gasteiger partial charge < -0.3 is 10.4 Å². The number of hydrogen-bond donors (Lipinski definition) is 2. The first-order valence-corrected chi connectivity index (χ1v) is 6.55. The predicted octanol–water partition coefficient (Wildman–Crippen LogP) is 2.54. The van der Waals surface area contributed by atoms with E-state index in [1.807, 2.05) is 51.1 Å². The van der Waals surface area contributed by atoms with Crippen LogP contribution in [0.15, 0.2) is 42.0 Å². The van der Waals surface area contributed by atoms with Crippen molar-refractivity contribution < 1.29 is 14.7 Å². The van der Waals surface area contributed by atoms with Crippen LogP contribution < -0.4 is 5.32 Å². The summed E-state index contributed by atoms with van der Waals surface area (Å²) in [6, 6.07) is 9.62. The van der Waals surface area contributed by atoms with E-state index in [1.165, 1.54) is 0 Å². The Morgan fingerprint density at radius 1 is 1.20 bits per heavy atom. The molecule has 108 valence electrons. The first-order valence-electron chi connectivity index (χ1n) is 6.55. The topological polar surface area (TPSA) is 66.4 Å². The normalized spacial score (nSPS) is 12.1. The van der Waals surface area contributed by atoms with E-state index in [0.717, 1.165) is 5.56 Å². The van der Waals surface area contributed by atoms with Gasteiger partial charge in [0.05, 0.1) is 6.42 Å². The van der Waals surface area contributed by atoms with Crippen LogP contribution in [0.1, 0.15) is 32.8 Å². The summed E-state index contributed by atoms with van der Waals surface area (Å²) in [5.74, 6) is -1.33. The summed E-state index contributed by atoms with van der Waals surface area (Å²) in [5, 5.41) is 11.7. The molecule has 0 saturated carbocycles. The number of carboxylic acid groups (broad SMARTS) is 1. The molecule has 0 aliphatic rings. The summed E-state index contributed by atoms with van der Waals surface area (Å²) in [4.78, 5) is 22.9. The Morgan fingerprint density at radius 3 is 2.30 bits per heavy atom. The van der Waals surface area contributed by atoms with Gasteiger partial charge in [0, 0.05) is 11.1 Å². The number of carbonyl (C=O) groups excluding carboxylic acids is 1. The van der Waals surface area contributed by atoms with Gasteiger partial charge in [-0.3, -0.25) is 9.59 Å². The third-order valence-corrected chi connectivity index (χ3v) is 2.55. The minimum Gasteiger partial charge on any atom is -0.481 e. The standard InChI is InChI=1S/C16H21NO3/c1-16(2,3)17-15(20)13(11-14(18)19)10-9-12-7-5-4-6-8-12/h4-8,10H,9,11H2,1-3H3,(H,17,20)(H,18,19). The van der Waals surface area contributed by atoms with Crippen LogP contribution in [0.5, 0.6) is 0 Å². The van der Waals surface area contributed by atoms with Gasteiger partial charge >= 0.3 is 5.97 Å². The highest BCUT2D eigenvalue weighted by Crippen LogP contribution is 2.09. The number of benzene rings is 1. The van der Waals surface area contributed by atoms with Crippen LogP contribution in [0.25, 0.3) is 0 Å². The highest BCUT2D eigenvalue weighted by molar-refractivity contribution is 5.97. The third kappa shape index (κ3) is 6.18. The molecule has 0 radical (unpaired) electrons. The number of carboxylic acids is 1. The summed E-state index contributed by atoms with van der Waals surface area (Å²) in [6.45, 7) is 5.58. The van der Waals surface area contributed by atoms with Gasteiger partial charge in [0.1, 0.15) is 0 Å². The molecule has 0 heterocycles. The lowest BCUT2D eigenvalue weighted by atomic mass is 10.0. The SMILES string of the molecule is CC(C)(C)NC(=O)C(=CCc1ccccc1)CC(=O)O. The Bertz CT molecular complexity index is 498. The van der Waals surface area contributed by atoms with Gasteiger partial charge in [-0.2, -0.15) is 0 Å². The van der Waals surface area contributed by atoms with Crippen LogP contribution in [0.4, 0.5) is 0 Å². The second-order valence-corrected chi connectivity index (χ2v) is 5.69. The number of rotatable bonds is 5. The number of carbonyl (C=O) groups is 2. The van der Waals surface area contributed by atoms with E-state index in [0.29, 0.717) is 6.42 Å². The minimum atomic E-state index is -1.01. The second kappa shape index (κ2) is 6.89. The molecule has 0 aromatic heterocycles. The van der Waals surface area contributed by atoms with Crippen LogP contribution >= 0.6 is 0 Å². The van der Waals surface area contributed by atoms with E-state index < -0.39 is 5.97 Å². The first kappa shape index (κ1) is 16.0. The molecule has 4 heteroatoms. The van der Waals surface area contributed by atoms with Gasteiger partial charge in [-0.15, -0.1) is 0 Å². The van der Waals surface area contributed by atoms with Crippen LogP contribution in [0.2, 0.25) is 0 Å². The van der Waals surface area contributed by atoms with Crippen LogP contribution in [-0.4, -0.2) is 22.5 Å². The van der Waals surface area contributed by atoms with Crippen molar-refractivity contribution in [1.82, 2.24) is 5.32 Å². The zero-order valence-corrected chi connectivity index (χ0v) is 12.1. The molecular formula is C16H21NO3. The van der Waals surface area contributed by atoms with E-state index in [2.05, 4.69) is 5.32 Å². The minimum absolute atomic E-state index is 0.269. The highest BCUT2D eigenvalue weighted by Gasteiger charge is 2.18. The molecule has 1 amide bonds. The van der Waals surface area contributed by atoms with E-state index in [-0.39, 0.29) is 23.4 Å². The average Bonchev–Trinajstić information content (AvgIpc) is 2.33. The third-order valence-electron chi connectivity index (χ3n) is 2.55. The average molecular weight is 275 g/mol. The summed E-state index contributed by atoms with van der Waals surface area (Å²) in [7, 11) is 0. The molecule has 20 heavy (non-hydrogen) atoms. The number of amides is 1. The number of allylic oxidation sites excluding steroid dienone is 1. The fourth-order valence-electron chi connectivity index (χ4n) is 1.68. The van der Waals surface area contributed by atoms with Gasteiger partial charge in [-0.1, -0.05) is 36.4 Å². The number of aliphatic carboxylic acids is 1. The molecule has 4 nitrogen and oxygen atoms in total. The smallest absolute Gasteiger partial charge is 0.308 e. The second-order valence-electron chi connectivity index (χ2n) is 5.69.